The molecule has 0 bridgehead atoms. The van der Waals surface area contributed by atoms with Crippen LogP contribution in [0.5, 0.6) is 5.75 Å². The number of nitrogens with zero attached hydrogens (tertiary/aromatic N) is 1. The number of hydrogen-bond donors (Lipinski definition) is 0. The first kappa shape index (κ1) is 19.5. The highest BCUT2D eigenvalue weighted by atomic mass is 16.6. The fourth-order valence-corrected chi connectivity index (χ4v) is 3.42. The molecule has 0 N–H and O–H groups in total. The summed E-state index contributed by atoms with van der Waals surface area (Å²) in [5.41, 5.74) is 2.38. The van der Waals surface area contributed by atoms with Crippen molar-refractivity contribution in [2.75, 3.05) is 7.11 Å². The number of methoxy groups -OCH3 is 1. The average molecular weight is 403 g/mol. The summed E-state index contributed by atoms with van der Waals surface area (Å²) in [5, 5.41) is 0. The van der Waals surface area contributed by atoms with Gasteiger partial charge in [0.2, 0.25) is 6.23 Å². The third kappa shape index (κ3) is 3.98. The number of esters is 1. The van der Waals surface area contributed by atoms with E-state index in [4.69, 9.17) is 14.2 Å². The van der Waals surface area contributed by atoms with Gasteiger partial charge in [0, 0.05) is 5.56 Å². The van der Waals surface area contributed by atoms with E-state index < -0.39 is 24.3 Å². The van der Waals surface area contributed by atoms with Crippen LogP contribution in [-0.4, -0.2) is 24.1 Å². The van der Waals surface area contributed by atoms with Gasteiger partial charge in [-0.2, -0.15) is 0 Å². The van der Waals surface area contributed by atoms with Crippen molar-refractivity contribution in [1.29, 1.82) is 0 Å². The number of carbonyl (C=O) groups excluding carboxylic acids is 2. The van der Waals surface area contributed by atoms with Gasteiger partial charge in [0.05, 0.1) is 7.11 Å². The zero-order valence-corrected chi connectivity index (χ0v) is 16.4. The van der Waals surface area contributed by atoms with Crippen molar-refractivity contribution in [2.24, 2.45) is 0 Å². The second-order valence-electron chi connectivity index (χ2n) is 6.82. The van der Waals surface area contributed by atoms with Gasteiger partial charge in [0.25, 0.3) is 0 Å². The fourth-order valence-electron chi connectivity index (χ4n) is 3.42. The van der Waals surface area contributed by atoms with E-state index in [1.807, 2.05) is 48.5 Å². The lowest BCUT2D eigenvalue weighted by Gasteiger charge is -2.25. The zero-order chi connectivity index (χ0) is 20.9. The lowest BCUT2D eigenvalue weighted by atomic mass is 10.1. The van der Waals surface area contributed by atoms with E-state index in [1.54, 1.807) is 36.4 Å². The highest BCUT2D eigenvalue weighted by Gasteiger charge is 2.47. The van der Waals surface area contributed by atoms with Crippen molar-refractivity contribution in [3.05, 3.63) is 102 Å². The van der Waals surface area contributed by atoms with Crippen LogP contribution in [0.1, 0.15) is 29.0 Å². The number of rotatable bonds is 5. The second-order valence-corrected chi connectivity index (χ2v) is 6.82. The summed E-state index contributed by atoms with van der Waals surface area (Å²) in [6.07, 6.45) is -1.48. The van der Waals surface area contributed by atoms with Crippen LogP contribution in [0, 0.1) is 0 Å². The Morgan fingerprint density at radius 1 is 0.900 bits per heavy atom. The number of carbonyl (C=O) groups is 2. The quantitative estimate of drug-likeness (QED) is 0.581. The Balaban J connectivity index is 1.55. The van der Waals surface area contributed by atoms with Crippen molar-refractivity contribution < 1.29 is 23.8 Å². The average Bonchev–Trinajstić information content (AvgIpc) is 3.16. The van der Waals surface area contributed by atoms with Crippen molar-refractivity contribution in [2.45, 2.75) is 18.9 Å². The summed E-state index contributed by atoms with van der Waals surface area (Å²) >= 11 is 0. The summed E-state index contributed by atoms with van der Waals surface area (Å²) in [5.74, 6) is 0.158. The third-order valence-corrected chi connectivity index (χ3v) is 4.90. The van der Waals surface area contributed by atoms with Crippen molar-refractivity contribution in [3.63, 3.8) is 0 Å². The van der Waals surface area contributed by atoms with Crippen LogP contribution in [0.3, 0.4) is 0 Å². The molecule has 0 unspecified atom stereocenters. The fraction of sp³-hybridized carbons (Fsp3) is 0.167. The van der Waals surface area contributed by atoms with Crippen LogP contribution in [0.4, 0.5) is 4.79 Å². The van der Waals surface area contributed by atoms with Gasteiger partial charge in [0.15, 0.2) is 6.04 Å². The van der Waals surface area contributed by atoms with E-state index in [-0.39, 0.29) is 0 Å². The highest BCUT2D eigenvalue weighted by molar-refractivity contribution is 5.86. The predicted octanol–water partition coefficient (Wildman–Crippen LogP) is 4.63. The summed E-state index contributed by atoms with van der Waals surface area (Å²) < 4.78 is 16.3. The van der Waals surface area contributed by atoms with Crippen LogP contribution in [-0.2, 0) is 20.9 Å². The van der Waals surface area contributed by atoms with E-state index in [0.717, 1.165) is 5.56 Å². The number of cyclic esters (lactones) is 1. The van der Waals surface area contributed by atoms with Crippen molar-refractivity contribution in [3.8, 4) is 5.75 Å². The van der Waals surface area contributed by atoms with Gasteiger partial charge in [0.1, 0.15) is 12.4 Å². The van der Waals surface area contributed by atoms with Crippen LogP contribution in [0.25, 0.3) is 0 Å². The summed E-state index contributed by atoms with van der Waals surface area (Å²) in [6, 6.07) is 25.1. The molecule has 1 aliphatic rings. The molecule has 4 rings (SSSR count). The minimum absolute atomic E-state index is 0.440. The first-order valence-electron chi connectivity index (χ1n) is 9.56. The van der Waals surface area contributed by atoms with Gasteiger partial charge in [-0.15, -0.1) is 0 Å². The van der Waals surface area contributed by atoms with E-state index in [9.17, 15) is 9.59 Å². The molecule has 30 heavy (non-hydrogen) atoms. The Bertz CT molecular complexity index is 1000. The Morgan fingerprint density at radius 2 is 1.53 bits per heavy atom. The topological polar surface area (TPSA) is 65.1 Å². The lowest BCUT2D eigenvalue weighted by molar-refractivity contribution is -0.143. The van der Waals surface area contributed by atoms with Crippen LogP contribution in [0.15, 0.2) is 84.9 Å². The van der Waals surface area contributed by atoms with Gasteiger partial charge in [-0.3, -0.25) is 0 Å². The van der Waals surface area contributed by atoms with E-state index >= 15 is 0 Å². The molecule has 1 amide bonds. The predicted molar refractivity (Wildman–Crippen MR) is 109 cm³/mol. The first-order chi connectivity index (χ1) is 14.7. The minimum Gasteiger partial charge on any atom is -0.489 e. The van der Waals surface area contributed by atoms with Gasteiger partial charge in [-0.25, -0.2) is 14.5 Å². The molecule has 0 spiro atoms. The van der Waals surface area contributed by atoms with E-state index in [0.29, 0.717) is 23.5 Å². The summed E-state index contributed by atoms with van der Waals surface area (Å²) in [4.78, 5) is 26.5. The number of benzene rings is 3. The zero-order valence-electron chi connectivity index (χ0n) is 16.4. The smallest absolute Gasteiger partial charge is 0.413 e. The van der Waals surface area contributed by atoms with Crippen LogP contribution < -0.4 is 4.74 Å². The molecule has 1 fully saturated rings. The number of hydrogen-bond acceptors (Lipinski definition) is 5. The number of amides is 1. The monoisotopic (exact) mass is 403 g/mol. The molecule has 2 atom stereocenters. The Morgan fingerprint density at radius 3 is 2.17 bits per heavy atom. The molecule has 3 aromatic carbocycles. The molecular weight excluding hydrogens is 382 g/mol. The van der Waals surface area contributed by atoms with E-state index in [1.165, 1.54) is 12.0 Å². The maximum atomic E-state index is 12.7. The molecule has 6 heteroatoms. The molecule has 6 nitrogen and oxygen atoms in total. The maximum Gasteiger partial charge on any atom is 0.413 e. The summed E-state index contributed by atoms with van der Waals surface area (Å²) in [6.45, 7) is 0.440. The molecule has 1 heterocycles. The highest BCUT2D eigenvalue weighted by Crippen LogP contribution is 2.40. The van der Waals surface area contributed by atoms with Crippen molar-refractivity contribution in [1.82, 2.24) is 4.90 Å². The molecule has 3 aromatic rings. The molecule has 0 radical (unpaired) electrons. The molecule has 152 valence electrons. The van der Waals surface area contributed by atoms with Crippen LogP contribution >= 0.6 is 0 Å². The molecular formula is C24H21NO5. The Hall–Kier alpha value is -3.80. The molecule has 0 aliphatic carbocycles. The second kappa shape index (κ2) is 8.69. The molecule has 1 aliphatic heterocycles. The van der Waals surface area contributed by atoms with Crippen molar-refractivity contribution >= 4 is 12.1 Å². The molecule has 0 saturated carbocycles. The van der Waals surface area contributed by atoms with Gasteiger partial charge >= 0.3 is 12.1 Å². The van der Waals surface area contributed by atoms with Gasteiger partial charge in [-0.05, 0) is 23.3 Å². The SMILES string of the molecule is COC(=O)N1[C@H](c2ccccc2)OC(=O)[C@H]1c1ccc(OCc2ccccc2)cc1. The standard InChI is InChI=1S/C24H21NO5/c1-28-24(27)25-21(23(26)30-22(25)19-10-6-3-7-11-19)18-12-14-20(15-13-18)29-16-17-8-4-2-5-9-17/h2-15,21-22H,16H2,1H3/t21-,22+/m1/s1. The van der Waals surface area contributed by atoms with Crippen LogP contribution in [0.2, 0.25) is 0 Å². The van der Waals surface area contributed by atoms with Gasteiger partial charge < -0.3 is 14.2 Å². The molecule has 1 saturated heterocycles. The van der Waals surface area contributed by atoms with Gasteiger partial charge in [-0.1, -0.05) is 72.8 Å². The summed E-state index contributed by atoms with van der Waals surface area (Å²) in [7, 11) is 1.28. The third-order valence-electron chi connectivity index (χ3n) is 4.90. The normalized spacial score (nSPS) is 18.0. The first-order valence-corrected chi connectivity index (χ1v) is 9.56. The Kier molecular flexibility index (Phi) is 5.66. The largest absolute Gasteiger partial charge is 0.489 e. The maximum absolute atomic E-state index is 12.7. The Labute approximate surface area is 174 Å². The minimum atomic E-state index is -0.897. The molecule has 0 aromatic heterocycles. The van der Waals surface area contributed by atoms with E-state index in [2.05, 4.69) is 0 Å². The number of ether oxygens (including phenoxy) is 3. The lowest BCUT2D eigenvalue weighted by Crippen LogP contribution is -2.34.